The predicted octanol–water partition coefficient (Wildman–Crippen LogP) is 3.79. The second-order valence-electron chi connectivity index (χ2n) is 10.5. The van der Waals surface area contributed by atoms with E-state index in [1.54, 1.807) is 6.20 Å². The number of aromatic nitrogens is 1. The van der Waals surface area contributed by atoms with Crippen LogP contribution in [-0.2, 0) is 13.0 Å². The van der Waals surface area contributed by atoms with Crippen LogP contribution in [0, 0.1) is 17.2 Å². The summed E-state index contributed by atoms with van der Waals surface area (Å²) in [5, 5.41) is 14.1. The van der Waals surface area contributed by atoms with Gasteiger partial charge in [-0.1, -0.05) is 13.0 Å². The zero-order valence-corrected chi connectivity index (χ0v) is 20.6. The molecule has 180 valence electrons. The van der Waals surface area contributed by atoms with E-state index < -0.39 is 0 Å². The van der Waals surface area contributed by atoms with Crippen LogP contribution in [0.3, 0.4) is 0 Å². The molecule has 0 amide bonds. The van der Waals surface area contributed by atoms with Crippen LogP contribution >= 0.6 is 0 Å². The summed E-state index contributed by atoms with van der Waals surface area (Å²) in [6, 6.07) is 18.1. The number of fused-ring (bicyclic) bond motifs is 2. The lowest BCUT2D eigenvalue weighted by Gasteiger charge is -2.45. The van der Waals surface area contributed by atoms with Crippen LogP contribution in [0.2, 0.25) is 0 Å². The maximum absolute atomic E-state index is 9.55. The summed E-state index contributed by atoms with van der Waals surface area (Å²) in [4.78, 5) is 12.3. The van der Waals surface area contributed by atoms with Crippen molar-refractivity contribution in [2.24, 2.45) is 5.92 Å². The fourth-order valence-electron chi connectivity index (χ4n) is 6.30. The van der Waals surface area contributed by atoms with Gasteiger partial charge in [-0.3, -0.25) is 9.88 Å². The fraction of sp³-hybridized carbons (Fsp3) is 0.448. The van der Waals surface area contributed by atoms with Crippen LogP contribution in [0.25, 0.3) is 10.9 Å². The molecule has 6 rings (SSSR count). The van der Waals surface area contributed by atoms with Crippen molar-refractivity contribution in [3.63, 3.8) is 0 Å². The van der Waals surface area contributed by atoms with Crippen LogP contribution in [0.15, 0.2) is 48.7 Å². The van der Waals surface area contributed by atoms with E-state index >= 15 is 0 Å². The molecule has 6 heteroatoms. The Bertz CT molecular complexity index is 1260. The van der Waals surface area contributed by atoms with Crippen molar-refractivity contribution in [2.45, 2.75) is 32.4 Å². The van der Waals surface area contributed by atoms with Crippen molar-refractivity contribution < 1.29 is 0 Å². The molecule has 2 aromatic carbocycles. The Morgan fingerprint density at radius 1 is 1.00 bits per heavy atom. The van der Waals surface area contributed by atoms with Crippen molar-refractivity contribution in [2.75, 3.05) is 55.6 Å². The summed E-state index contributed by atoms with van der Waals surface area (Å²) in [6.45, 7) is 11.0. The zero-order valence-electron chi connectivity index (χ0n) is 20.6. The molecule has 3 aromatic rings. The number of nitriles is 1. The molecule has 6 nitrogen and oxygen atoms in total. The monoisotopic (exact) mass is 466 g/mol. The Hall–Kier alpha value is -3.14. The second-order valence-corrected chi connectivity index (χ2v) is 10.5. The number of benzene rings is 2. The molecule has 2 fully saturated rings. The largest absolute Gasteiger partial charge is 0.369 e. The molecule has 35 heavy (non-hydrogen) atoms. The molecule has 0 bridgehead atoms. The van der Waals surface area contributed by atoms with E-state index in [2.05, 4.69) is 68.3 Å². The number of piperidine rings is 1. The van der Waals surface area contributed by atoms with E-state index in [9.17, 15) is 5.26 Å². The molecular formula is C29H34N6. The first-order chi connectivity index (χ1) is 17.2. The van der Waals surface area contributed by atoms with Crippen molar-refractivity contribution in [1.82, 2.24) is 15.2 Å². The van der Waals surface area contributed by atoms with Crippen molar-refractivity contribution in [3.8, 4) is 6.07 Å². The average Bonchev–Trinajstić information content (AvgIpc) is 2.92. The lowest BCUT2D eigenvalue weighted by molar-refractivity contribution is 0.143. The summed E-state index contributed by atoms with van der Waals surface area (Å²) < 4.78 is 0. The van der Waals surface area contributed by atoms with Crippen LogP contribution in [0.4, 0.5) is 11.4 Å². The van der Waals surface area contributed by atoms with Gasteiger partial charge in [0.25, 0.3) is 0 Å². The second kappa shape index (κ2) is 9.49. The molecular weight excluding hydrogens is 432 g/mol. The number of hydrogen-bond acceptors (Lipinski definition) is 6. The fourth-order valence-corrected chi connectivity index (χ4v) is 6.30. The van der Waals surface area contributed by atoms with Crippen LogP contribution in [0.1, 0.15) is 30.0 Å². The Kier molecular flexibility index (Phi) is 6.05. The number of pyridine rings is 1. The first kappa shape index (κ1) is 22.3. The Morgan fingerprint density at radius 2 is 1.89 bits per heavy atom. The van der Waals surface area contributed by atoms with Crippen LogP contribution in [0.5, 0.6) is 0 Å². The van der Waals surface area contributed by atoms with E-state index in [0.29, 0.717) is 17.5 Å². The summed E-state index contributed by atoms with van der Waals surface area (Å²) in [5.41, 5.74) is 7.09. The number of anilines is 2. The van der Waals surface area contributed by atoms with Crippen molar-refractivity contribution in [1.29, 1.82) is 5.26 Å². The maximum Gasteiger partial charge on any atom is 0.101 e. The van der Waals surface area contributed by atoms with Crippen molar-refractivity contribution in [3.05, 3.63) is 65.4 Å². The molecule has 1 aromatic heterocycles. The van der Waals surface area contributed by atoms with Crippen molar-refractivity contribution >= 4 is 22.3 Å². The normalized spacial score (nSPS) is 23.2. The van der Waals surface area contributed by atoms with Gasteiger partial charge in [0.2, 0.25) is 0 Å². The van der Waals surface area contributed by atoms with E-state index in [1.165, 1.54) is 28.9 Å². The third-order valence-electron chi connectivity index (χ3n) is 8.08. The summed E-state index contributed by atoms with van der Waals surface area (Å²) in [5.74, 6) is 0.618. The minimum absolute atomic E-state index is 0.530. The minimum Gasteiger partial charge on any atom is -0.369 e. The highest BCUT2D eigenvalue weighted by Gasteiger charge is 2.32. The molecule has 2 atom stereocenters. The quantitative estimate of drug-likeness (QED) is 0.634. The van der Waals surface area contributed by atoms with E-state index in [1.807, 2.05) is 12.1 Å². The summed E-state index contributed by atoms with van der Waals surface area (Å²) in [7, 11) is 0. The van der Waals surface area contributed by atoms with Gasteiger partial charge in [-0.05, 0) is 66.3 Å². The van der Waals surface area contributed by atoms with Gasteiger partial charge in [0.15, 0.2) is 0 Å². The molecule has 1 N–H and O–H groups in total. The number of hydrogen-bond donors (Lipinski definition) is 1. The van der Waals surface area contributed by atoms with Gasteiger partial charge < -0.3 is 15.1 Å². The number of nitrogens with one attached hydrogen (secondary N) is 1. The topological polar surface area (TPSA) is 58.4 Å². The number of rotatable bonds is 3. The zero-order chi connectivity index (χ0) is 23.8. The lowest BCUT2D eigenvalue weighted by atomic mass is 9.91. The first-order valence-electron chi connectivity index (χ1n) is 13.0. The standard InChI is InChI=1S/C29H34N6/c1-21-15-26(20-35(18-21)28-7-5-23(17-30)29-27(28)3-2-9-32-29)34-12-8-22-16-25(6-4-24(22)19-34)33-13-10-31-11-14-33/h2-7,9,16,21,26,31H,8,10-15,18-20H2,1H3. The van der Waals surface area contributed by atoms with Gasteiger partial charge in [-0.25, -0.2) is 0 Å². The Morgan fingerprint density at radius 3 is 2.74 bits per heavy atom. The van der Waals surface area contributed by atoms with Gasteiger partial charge in [0.05, 0.1) is 11.1 Å². The highest BCUT2D eigenvalue weighted by molar-refractivity contribution is 5.95. The van der Waals surface area contributed by atoms with Gasteiger partial charge >= 0.3 is 0 Å². The lowest BCUT2D eigenvalue weighted by Crippen LogP contribution is -2.52. The number of piperazine rings is 1. The molecule has 3 aliphatic heterocycles. The van der Waals surface area contributed by atoms with Gasteiger partial charge in [0.1, 0.15) is 6.07 Å². The number of nitrogens with zero attached hydrogens (tertiary/aromatic N) is 5. The SMILES string of the molecule is CC1CC(N2CCc3cc(N4CCNCC4)ccc3C2)CN(c2ccc(C#N)c3ncccc23)C1. The molecule has 4 heterocycles. The molecule has 0 saturated carbocycles. The van der Waals surface area contributed by atoms with Gasteiger partial charge in [0, 0.05) is 81.4 Å². The maximum atomic E-state index is 9.55. The Balaban J connectivity index is 1.22. The van der Waals surface area contributed by atoms with E-state index in [-0.39, 0.29) is 0 Å². The third kappa shape index (κ3) is 4.35. The molecule has 0 radical (unpaired) electrons. The average molecular weight is 467 g/mol. The summed E-state index contributed by atoms with van der Waals surface area (Å²) >= 11 is 0. The third-order valence-corrected chi connectivity index (χ3v) is 8.08. The minimum atomic E-state index is 0.530. The molecule has 0 aliphatic carbocycles. The first-order valence-corrected chi connectivity index (χ1v) is 13.0. The van der Waals surface area contributed by atoms with Crippen LogP contribution in [-0.4, -0.2) is 61.7 Å². The van der Waals surface area contributed by atoms with E-state index in [0.717, 1.165) is 69.7 Å². The smallest absolute Gasteiger partial charge is 0.101 e. The summed E-state index contributed by atoms with van der Waals surface area (Å²) in [6.07, 6.45) is 4.15. The Labute approximate surface area is 208 Å². The molecule has 2 saturated heterocycles. The molecule has 0 spiro atoms. The van der Waals surface area contributed by atoms with Gasteiger partial charge in [-0.2, -0.15) is 5.26 Å². The molecule has 2 unspecified atom stereocenters. The van der Waals surface area contributed by atoms with Gasteiger partial charge in [-0.15, -0.1) is 0 Å². The van der Waals surface area contributed by atoms with E-state index in [4.69, 9.17) is 0 Å². The van der Waals surface area contributed by atoms with Crippen LogP contribution < -0.4 is 15.1 Å². The highest BCUT2D eigenvalue weighted by atomic mass is 15.2. The molecule has 3 aliphatic rings. The predicted molar refractivity (Wildman–Crippen MR) is 142 cm³/mol. The highest BCUT2D eigenvalue weighted by Crippen LogP contribution is 2.34.